The number of rotatable bonds is 3. The lowest BCUT2D eigenvalue weighted by Crippen LogP contribution is -2.57. The maximum atomic E-state index is 13.1. The zero-order valence-corrected chi connectivity index (χ0v) is 16.5. The molecule has 26 heavy (non-hydrogen) atoms. The molecule has 1 aliphatic carbocycles. The van der Waals surface area contributed by atoms with Gasteiger partial charge in [-0.1, -0.05) is 44.2 Å². The van der Waals surface area contributed by atoms with Crippen LogP contribution in [0.2, 0.25) is 0 Å². The Balaban J connectivity index is 2.19. The summed E-state index contributed by atoms with van der Waals surface area (Å²) < 4.78 is 5.32. The summed E-state index contributed by atoms with van der Waals surface area (Å²) in [7, 11) is 1.54. The molecular formula is C21H32N2O3. The highest BCUT2D eigenvalue weighted by molar-refractivity contribution is 5.98. The van der Waals surface area contributed by atoms with Gasteiger partial charge in [0.05, 0.1) is 18.2 Å². The first-order chi connectivity index (χ1) is 12.3. The topological polar surface area (TPSA) is 58.6 Å². The van der Waals surface area contributed by atoms with E-state index in [2.05, 4.69) is 5.43 Å². The summed E-state index contributed by atoms with van der Waals surface area (Å²) in [5.41, 5.74) is 2.81. The molecule has 0 aliphatic heterocycles. The largest absolute Gasteiger partial charge is 0.496 e. The maximum Gasteiger partial charge on any atom is 0.276 e. The van der Waals surface area contributed by atoms with E-state index in [4.69, 9.17) is 4.74 Å². The summed E-state index contributed by atoms with van der Waals surface area (Å²) >= 11 is 0. The van der Waals surface area contributed by atoms with E-state index in [1.807, 2.05) is 26.8 Å². The van der Waals surface area contributed by atoms with Crippen LogP contribution in [0.3, 0.4) is 0 Å². The van der Waals surface area contributed by atoms with E-state index < -0.39 is 5.54 Å². The van der Waals surface area contributed by atoms with E-state index in [0.29, 0.717) is 11.3 Å². The van der Waals surface area contributed by atoms with Crippen molar-refractivity contribution in [2.75, 3.05) is 7.11 Å². The summed E-state index contributed by atoms with van der Waals surface area (Å²) in [4.78, 5) is 26.0. The third-order valence-corrected chi connectivity index (χ3v) is 4.91. The normalized spacial score (nSPS) is 16.3. The van der Waals surface area contributed by atoms with Crippen LogP contribution >= 0.6 is 0 Å². The predicted molar refractivity (Wildman–Crippen MR) is 103 cm³/mol. The van der Waals surface area contributed by atoms with Crippen LogP contribution in [0, 0.1) is 5.92 Å². The number of methoxy groups -OCH3 is 1. The molecule has 2 rings (SSSR count). The zero-order valence-electron chi connectivity index (χ0n) is 16.5. The van der Waals surface area contributed by atoms with Crippen LogP contribution in [0.5, 0.6) is 5.75 Å². The highest BCUT2D eigenvalue weighted by atomic mass is 16.5. The first-order valence-electron chi connectivity index (χ1n) is 9.62. The first kappa shape index (κ1) is 20.3. The molecule has 0 bridgehead atoms. The van der Waals surface area contributed by atoms with Crippen molar-refractivity contribution in [1.29, 1.82) is 0 Å². The van der Waals surface area contributed by atoms with Crippen molar-refractivity contribution in [3.63, 3.8) is 0 Å². The van der Waals surface area contributed by atoms with Gasteiger partial charge in [0.2, 0.25) is 5.91 Å². The Kier molecular flexibility index (Phi) is 7.06. The van der Waals surface area contributed by atoms with Crippen LogP contribution in [-0.2, 0) is 4.79 Å². The number of nitrogens with one attached hydrogen (secondary N) is 1. The number of ether oxygens (including phenoxy) is 1. The molecule has 1 saturated carbocycles. The van der Waals surface area contributed by atoms with E-state index in [-0.39, 0.29) is 17.7 Å². The molecule has 5 nitrogen and oxygen atoms in total. The molecule has 1 aromatic carbocycles. The average molecular weight is 360 g/mol. The Morgan fingerprint density at radius 3 is 2.19 bits per heavy atom. The van der Waals surface area contributed by atoms with Gasteiger partial charge in [0, 0.05) is 5.92 Å². The smallest absolute Gasteiger partial charge is 0.276 e. The van der Waals surface area contributed by atoms with Crippen LogP contribution in [0.15, 0.2) is 24.3 Å². The van der Waals surface area contributed by atoms with Crippen molar-refractivity contribution >= 4 is 11.8 Å². The van der Waals surface area contributed by atoms with Crippen molar-refractivity contribution in [3.8, 4) is 5.75 Å². The lowest BCUT2D eigenvalue weighted by atomic mass is 9.90. The number of hydrogen-bond donors (Lipinski definition) is 1. The fraction of sp³-hybridized carbons (Fsp3) is 0.619. The number of nitrogens with zero attached hydrogens (tertiary/aromatic N) is 1. The van der Waals surface area contributed by atoms with Gasteiger partial charge in [-0.25, -0.2) is 5.01 Å². The molecule has 1 aliphatic rings. The third-order valence-electron chi connectivity index (χ3n) is 4.91. The van der Waals surface area contributed by atoms with Crippen LogP contribution in [-0.4, -0.2) is 29.5 Å². The minimum atomic E-state index is -0.546. The standard InChI is InChI=1S/C21H32N2O3/c1-21(2,3)23(20(25)17-14-10-11-15-18(17)26-4)22-19(24)16-12-8-6-5-7-9-13-16/h10-11,14-16H,5-9,12-13H2,1-4H3,(H,22,24). The molecule has 144 valence electrons. The number of para-hydroxylation sites is 1. The fourth-order valence-electron chi connectivity index (χ4n) is 3.38. The van der Waals surface area contributed by atoms with E-state index in [0.717, 1.165) is 25.7 Å². The summed E-state index contributed by atoms with van der Waals surface area (Å²) in [5.74, 6) is 0.178. The van der Waals surface area contributed by atoms with E-state index in [1.165, 1.54) is 24.3 Å². The number of amides is 2. The van der Waals surface area contributed by atoms with Gasteiger partial charge in [-0.05, 0) is 45.7 Å². The van der Waals surface area contributed by atoms with Gasteiger partial charge in [-0.2, -0.15) is 0 Å². The summed E-state index contributed by atoms with van der Waals surface area (Å²) in [6, 6.07) is 7.10. The Morgan fingerprint density at radius 1 is 1.04 bits per heavy atom. The molecule has 0 atom stereocenters. The molecule has 1 fully saturated rings. The molecule has 0 spiro atoms. The van der Waals surface area contributed by atoms with Gasteiger partial charge < -0.3 is 4.74 Å². The minimum Gasteiger partial charge on any atom is -0.496 e. The maximum absolute atomic E-state index is 13.1. The zero-order chi connectivity index (χ0) is 19.2. The molecule has 0 unspecified atom stereocenters. The Hall–Kier alpha value is -2.04. The number of carbonyl (C=O) groups excluding carboxylic acids is 2. The van der Waals surface area contributed by atoms with Crippen molar-refractivity contribution in [3.05, 3.63) is 29.8 Å². The van der Waals surface area contributed by atoms with Crippen molar-refractivity contribution in [2.24, 2.45) is 5.92 Å². The van der Waals surface area contributed by atoms with Crippen molar-refractivity contribution in [2.45, 2.75) is 71.3 Å². The van der Waals surface area contributed by atoms with Gasteiger partial charge in [-0.3, -0.25) is 15.0 Å². The highest BCUT2D eigenvalue weighted by Gasteiger charge is 2.32. The second-order valence-electron chi connectivity index (χ2n) is 8.03. The molecule has 0 heterocycles. The number of carbonyl (C=O) groups is 2. The minimum absolute atomic E-state index is 0.0226. The van der Waals surface area contributed by atoms with Crippen LogP contribution in [0.25, 0.3) is 0 Å². The predicted octanol–water partition coefficient (Wildman–Crippen LogP) is 4.33. The average Bonchev–Trinajstić information content (AvgIpc) is 2.57. The van der Waals surface area contributed by atoms with E-state index >= 15 is 0 Å². The summed E-state index contributed by atoms with van der Waals surface area (Å²) in [6.07, 6.45) is 7.58. The van der Waals surface area contributed by atoms with Crippen LogP contribution in [0.1, 0.15) is 76.1 Å². The van der Waals surface area contributed by atoms with Crippen molar-refractivity contribution in [1.82, 2.24) is 10.4 Å². The summed E-state index contributed by atoms with van der Waals surface area (Å²) in [5, 5.41) is 1.45. The number of benzene rings is 1. The van der Waals surface area contributed by atoms with E-state index in [9.17, 15) is 9.59 Å². The molecule has 5 heteroatoms. The Bertz CT molecular complexity index is 614. The molecular weight excluding hydrogens is 328 g/mol. The second kappa shape index (κ2) is 9.06. The van der Waals surface area contributed by atoms with Gasteiger partial charge in [-0.15, -0.1) is 0 Å². The molecule has 0 aromatic heterocycles. The van der Waals surface area contributed by atoms with Crippen molar-refractivity contribution < 1.29 is 14.3 Å². The number of hydrazine groups is 1. The van der Waals surface area contributed by atoms with Gasteiger partial charge >= 0.3 is 0 Å². The van der Waals surface area contributed by atoms with Gasteiger partial charge in [0.15, 0.2) is 0 Å². The molecule has 1 N–H and O–H groups in total. The monoisotopic (exact) mass is 360 g/mol. The summed E-state index contributed by atoms with van der Waals surface area (Å²) in [6.45, 7) is 5.75. The van der Waals surface area contributed by atoms with Crippen LogP contribution < -0.4 is 10.2 Å². The molecule has 1 aromatic rings. The third kappa shape index (κ3) is 5.23. The highest BCUT2D eigenvalue weighted by Crippen LogP contribution is 2.25. The fourth-order valence-corrected chi connectivity index (χ4v) is 3.38. The van der Waals surface area contributed by atoms with Gasteiger partial charge in [0.25, 0.3) is 5.91 Å². The number of hydrogen-bond acceptors (Lipinski definition) is 3. The molecule has 0 radical (unpaired) electrons. The Labute approximate surface area is 157 Å². The van der Waals surface area contributed by atoms with Crippen LogP contribution in [0.4, 0.5) is 0 Å². The second-order valence-corrected chi connectivity index (χ2v) is 8.03. The molecule has 0 saturated heterocycles. The Morgan fingerprint density at radius 2 is 1.62 bits per heavy atom. The van der Waals surface area contributed by atoms with Gasteiger partial charge in [0.1, 0.15) is 5.75 Å². The quantitative estimate of drug-likeness (QED) is 0.816. The SMILES string of the molecule is COc1ccccc1C(=O)N(NC(=O)C1CCCCCCC1)C(C)(C)C. The lowest BCUT2D eigenvalue weighted by molar-refractivity contribution is -0.131. The first-order valence-corrected chi connectivity index (χ1v) is 9.62. The lowest BCUT2D eigenvalue weighted by Gasteiger charge is -2.37. The van der Waals surface area contributed by atoms with E-state index in [1.54, 1.807) is 25.3 Å². The molecule has 2 amide bonds.